The smallest absolute Gasteiger partial charge is 0.241 e. The first kappa shape index (κ1) is 14.7. The van der Waals surface area contributed by atoms with Gasteiger partial charge in [-0.25, -0.2) is 5.43 Å². The Labute approximate surface area is 120 Å². The first-order chi connectivity index (χ1) is 9.75. The number of hydrogen-bond donors (Lipinski definition) is 1. The minimum absolute atomic E-state index is 0.00847. The van der Waals surface area contributed by atoms with Crippen LogP contribution in [0.25, 0.3) is 0 Å². The number of benzene rings is 1. The van der Waals surface area contributed by atoms with Crippen molar-refractivity contribution in [2.75, 3.05) is 19.6 Å². The van der Waals surface area contributed by atoms with Crippen LogP contribution in [0.1, 0.15) is 38.2 Å². The number of carbonyl (C=O) groups is 1. The first-order valence-electron chi connectivity index (χ1n) is 7.36. The van der Waals surface area contributed by atoms with Gasteiger partial charge in [-0.15, -0.1) is 0 Å². The Bertz CT molecular complexity index is 450. The number of nitrogens with one attached hydrogen (secondary N) is 1. The van der Waals surface area contributed by atoms with Crippen molar-refractivity contribution in [1.29, 1.82) is 0 Å². The van der Waals surface area contributed by atoms with Gasteiger partial charge in [-0.1, -0.05) is 36.8 Å². The molecule has 108 valence electrons. The molecule has 1 aromatic rings. The lowest BCUT2D eigenvalue weighted by molar-refractivity contribution is -0.121. The number of rotatable bonds is 5. The third-order valence-electron chi connectivity index (χ3n) is 3.64. The summed E-state index contributed by atoms with van der Waals surface area (Å²) in [5.74, 6) is -0.00847. The minimum atomic E-state index is -0.00847. The topological polar surface area (TPSA) is 44.7 Å². The summed E-state index contributed by atoms with van der Waals surface area (Å²) in [6.45, 7) is 4.99. The van der Waals surface area contributed by atoms with Crippen LogP contribution in [-0.2, 0) is 4.79 Å². The molecule has 1 fully saturated rings. The fourth-order valence-electron chi connectivity index (χ4n) is 2.39. The van der Waals surface area contributed by atoms with Gasteiger partial charge in [-0.2, -0.15) is 5.10 Å². The van der Waals surface area contributed by atoms with E-state index in [4.69, 9.17) is 0 Å². The Morgan fingerprint density at radius 2 is 1.90 bits per heavy atom. The molecule has 0 saturated carbocycles. The van der Waals surface area contributed by atoms with E-state index in [0.29, 0.717) is 6.42 Å². The van der Waals surface area contributed by atoms with Crippen molar-refractivity contribution in [3.8, 4) is 0 Å². The normalized spacial score (nSPS) is 16.9. The molecule has 0 spiro atoms. The van der Waals surface area contributed by atoms with Crippen molar-refractivity contribution < 1.29 is 4.79 Å². The van der Waals surface area contributed by atoms with Crippen LogP contribution >= 0.6 is 0 Å². The molecule has 0 bridgehead atoms. The Morgan fingerprint density at radius 3 is 2.60 bits per heavy atom. The van der Waals surface area contributed by atoms with Crippen molar-refractivity contribution in [3.05, 3.63) is 35.9 Å². The molecular formula is C16H23N3O. The van der Waals surface area contributed by atoms with Crippen LogP contribution in [0.5, 0.6) is 0 Å². The quantitative estimate of drug-likeness (QED) is 0.661. The van der Waals surface area contributed by atoms with Crippen molar-refractivity contribution in [3.63, 3.8) is 0 Å². The Hall–Kier alpha value is -1.68. The molecule has 4 nitrogen and oxygen atoms in total. The minimum Gasteiger partial charge on any atom is -0.303 e. The summed E-state index contributed by atoms with van der Waals surface area (Å²) in [6.07, 6.45) is 4.36. The number of hydrazone groups is 1. The lowest BCUT2D eigenvalue weighted by atomic mass is 10.1. The van der Waals surface area contributed by atoms with E-state index in [1.807, 2.05) is 37.3 Å². The molecule has 1 aliphatic rings. The molecule has 1 saturated heterocycles. The second kappa shape index (κ2) is 7.80. The van der Waals surface area contributed by atoms with Crippen LogP contribution in [0.2, 0.25) is 0 Å². The highest BCUT2D eigenvalue weighted by atomic mass is 16.2. The fraction of sp³-hybridized carbons (Fsp3) is 0.500. The van der Waals surface area contributed by atoms with E-state index in [9.17, 15) is 4.79 Å². The number of carbonyl (C=O) groups excluding carboxylic acids is 1. The predicted molar refractivity (Wildman–Crippen MR) is 81.7 cm³/mol. The SMILES string of the molecule is C/C(=N\NC(=O)CCN1CCCCC1)c1ccccc1. The zero-order chi connectivity index (χ0) is 14.2. The van der Waals surface area contributed by atoms with E-state index >= 15 is 0 Å². The summed E-state index contributed by atoms with van der Waals surface area (Å²) in [5.41, 5.74) is 4.50. The zero-order valence-corrected chi connectivity index (χ0v) is 12.1. The molecule has 1 amide bonds. The molecule has 0 unspecified atom stereocenters. The van der Waals surface area contributed by atoms with Crippen molar-refractivity contribution in [2.45, 2.75) is 32.6 Å². The van der Waals surface area contributed by atoms with Crippen LogP contribution in [-0.4, -0.2) is 36.2 Å². The predicted octanol–water partition coefficient (Wildman–Crippen LogP) is 2.40. The summed E-state index contributed by atoms with van der Waals surface area (Å²) in [5, 5.41) is 4.16. The van der Waals surface area contributed by atoms with Crippen molar-refractivity contribution in [1.82, 2.24) is 10.3 Å². The molecule has 2 rings (SSSR count). The standard InChI is InChI=1S/C16H23N3O/c1-14(15-8-4-2-5-9-15)17-18-16(20)10-13-19-11-6-3-7-12-19/h2,4-5,8-9H,3,6-7,10-13H2,1H3,(H,18,20)/b17-14+. The third kappa shape index (κ3) is 4.78. The number of piperidine rings is 1. The highest BCUT2D eigenvalue weighted by molar-refractivity contribution is 5.99. The lowest BCUT2D eigenvalue weighted by Gasteiger charge is -2.25. The van der Waals surface area contributed by atoms with E-state index in [2.05, 4.69) is 15.4 Å². The van der Waals surface area contributed by atoms with Gasteiger partial charge in [-0.05, 0) is 38.4 Å². The van der Waals surface area contributed by atoms with Crippen LogP contribution in [0.4, 0.5) is 0 Å². The van der Waals surface area contributed by atoms with Crippen LogP contribution in [0.3, 0.4) is 0 Å². The van der Waals surface area contributed by atoms with Gasteiger partial charge in [0, 0.05) is 13.0 Å². The van der Waals surface area contributed by atoms with Gasteiger partial charge in [-0.3, -0.25) is 4.79 Å². The summed E-state index contributed by atoms with van der Waals surface area (Å²) < 4.78 is 0. The molecule has 0 atom stereocenters. The number of amides is 1. The van der Waals surface area contributed by atoms with Gasteiger partial charge < -0.3 is 4.90 Å². The summed E-state index contributed by atoms with van der Waals surface area (Å²) in [4.78, 5) is 14.1. The van der Waals surface area contributed by atoms with Gasteiger partial charge in [0.15, 0.2) is 0 Å². The highest BCUT2D eigenvalue weighted by Gasteiger charge is 2.11. The molecule has 0 radical (unpaired) electrons. The van der Waals surface area contributed by atoms with Crippen molar-refractivity contribution in [2.24, 2.45) is 5.10 Å². The average molecular weight is 273 g/mol. The molecule has 4 heteroatoms. The van der Waals surface area contributed by atoms with E-state index in [1.54, 1.807) is 0 Å². The maximum Gasteiger partial charge on any atom is 0.241 e. The fourth-order valence-corrected chi connectivity index (χ4v) is 2.39. The molecule has 1 N–H and O–H groups in total. The summed E-state index contributed by atoms with van der Waals surface area (Å²) >= 11 is 0. The van der Waals surface area contributed by atoms with E-state index in [0.717, 1.165) is 30.9 Å². The molecule has 20 heavy (non-hydrogen) atoms. The Kier molecular flexibility index (Phi) is 5.74. The van der Waals surface area contributed by atoms with E-state index in [1.165, 1.54) is 19.3 Å². The third-order valence-corrected chi connectivity index (χ3v) is 3.64. The molecule has 0 aromatic heterocycles. The van der Waals surface area contributed by atoms with Gasteiger partial charge >= 0.3 is 0 Å². The molecule has 1 heterocycles. The highest BCUT2D eigenvalue weighted by Crippen LogP contribution is 2.08. The van der Waals surface area contributed by atoms with Gasteiger partial charge in [0.05, 0.1) is 5.71 Å². The molecule has 1 aromatic carbocycles. The van der Waals surface area contributed by atoms with Gasteiger partial charge in [0.25, 0.3) is 0 Å². The largest absolute Gasteiger partial charge is 0.303 e. The molecule has 0 aliphatic carbocycles. The average Bonchev–Trinajstić information content (AvgIpc) is 2.52. The zero-order valence-electron chi connectivity index (χ0n) is 12.1. The van der Waals surface area contributed by atoms with Crippen LogP contribution < -0.4 is 5.43 Å². The first-order valence-corrected chi connectivity index (χ1v) is 7.36. The molecular weight excluding hydrogens is 250 g/mol. The Morgan fingerprint density at radius 1 is 1.20 bits per heavy atom. The van der Waals surface area contributed by atoms with Crippen LogP contribution in [0, 0.1) is 0 Å². The monoisotopic (exact) mass is 273 g/mol. The van der Waals surface area contributed by atoms with Crippen molar-refractivity contribution >= 4 is 11.6 Å². The van der Waals surface area contributed by atoms with Crippen LogP contribution in [0.15, 0.2) is 35.4 Å². The second-order valence-corrected chi connectivity index (χ2v) is 5.25. The van der Waals surface area contributed by atoms with Gasteiger partial charge in [0.2, 0.25) is 5.91 Å². The van der Waals surface area contributed by atoms with E-state index in [-0.39, 0.29) is 5.91 Å². The second-order valence-electron chi connectivity index (χ2n) is 5.25. The number of hydrogen-bond acceptors (Lipinski definition) is 3. The number of likely N-dealkylation sites (tertiary alicyclic amines) is 1. The van der Waals surface area contributed by atoms with E-state index < -0.39 is 0 Å². The summed E-state index contributed by atoms with van der Waals surface area (Å²) in [7, 11) is 0. The summed E-state index contributed by atoms with van der Waals surface area (Å²) in [6, 6.07) is 9.87. The lowest BCUT2D eigenvalue weighted by Crippen LogP contribution is -2.33. The maximum absolute atomic E-state index is 11.8. The Balaban J connectivity index is 1.74. The number of nitrogens with zero attached hydrogens (tertiary/aromatic N) is 2. The maximum atomic E-state index is 11.8. The molecule has 1 aliphatic heterocycles. The van der Waals surface area contributed by atoms with Gasteiger partial charge in [0.1, 0.15) is 0 Å².